The number of aromatic nitrogens is 3. The molecule has 0 bridgehead atoms. The zero-order chi connectivity index (χ0) is 17.4. The summed E-state index contributed by atoms with van der Waals surface area (Å²) < 4.78 is 0. The molecule has 2 aliphatic heterocycles. The maximum atomic E-state index is 13.2. The highest BCUT2D eigenvalue weighted by Crippen LogP contribution is 2.30. The van der Waals surface area contributed by atoms with E-state index in [0.717, 1.165) is 31.6 Å². The van der Waals surface area contributed by atoms with E-state index in [9.17, 15) is 4.79 Å². The molecule has 6 heteroatoms. The van der Waals surface area contributed by atoms with Crippen LogP contribution in [0, 0.1) is 6.92 Å². The highest BCUT2D eigenvalue weighted by atomic mass is 16.2. The van der Waals surface area contributed by atoms with Gasteiger partial charge in [0.1, 0.15) is 0 Å². The summed E-state index contributed by atoms with van der Waals surface area (Å²) >= 11 is 0. The molecule has 4 rings (SSSR count). The van der Waals surface area contributed by atoms with Gasteiger partial charge >= 0.3 is 0 Å². The lowest BCUT2D eigenvalue weighted by atomic mass is 10.0. The van der Waals surface area contributed by atoms with Crippen LogP contribution in [0.2, 0.25) is 0 Å². The maximum Gasteiger partial charge on any atom is 0.276 e. The van der Waals surface area contributed by atoms with Gasteiger partial charge in [0.05, 0.1) is 11.4 Å². The molecule has 1 aromatic carbocycles. The van der Waals surface area contributed by atoms with E-state index >= 15 is 0 Å². The number of amides is 1. The summed E-state index contributed by atoms with van der Waals surface area (Å²) in [5.74, 6) is 0.0301. The Labute approximate surface area is 148 Å². The van der Waals surface area contributed by atoms with Crippen molar-refractivity contribution in [3.05, 3.63) is 41.7 Å². The molecule has 0 spiro atoms. The number of hydrogen-bond acceptors (Lipinski definition) is 4. The number of aryl methyl sites for hydroxylation is 1. The van der Waals surface area contributed by atoms with E-state index < -0.39 is 0 Å². The molecule has 0 aliphatic carbocycles. The number of hydrogen-bond donors (Lipinski definition) is 0. The average molecular weight is 339 g/mol. The minimum Gasteiger partial charge on any atom is -0.333 e. The van der Waals surface area contributed by atoms with E-state index in [-0.39, 0.29) is 5.91 Å². The third-order valence-electron chi connectivity index (χ3n) is 5.55. The van der Waals surface area contributed by atoms with Crippen LogP contribution in [0.25, 0.3) is 5.69 Å². The fourth-order valence-electron chi connectivity index (χ4n) is 4.26. The third kappa shape index (κ3) is 2.95. The molecule has 1 aromatic heterocycles. The molecule has 6 nitrogen and oxygen atoms in total. The van der Waals surface area contributed by atoms with Crippen LogP contribution in [-0.2, 0) is 0 Å². The normalized spacial score (nSPS) is 24.2. The summed E-state index contributed by atoms with van der Waals surface area (Å²) in [6, 6.07) is 10.5. The van der Waals surface area contributed by atoms with Gasteiger partial charge in [0, 0.05) is 18.6 Å². The predicted molar refractivity (Wildman–Crippen MR) is 95.8 cm³/mol. The summed E-state index contributed by atoms with van der Waals surface area (Å²) in [6.07, 6.45) is 4.57. The Morgan fingerprint density at radius 1 is 1.04 bits per heavy atom. The molecule has 0 saturated carbocycles. The third-order valence-corrected chi connectivity index (χ3v) is 5.55. The van der Waals surface area contributed by atoms with Crippen molar-refractivity contribution in [1.29, 1.82) is 0 Å². The van der Waals surface area contributed by atoms with Crippen molar-refractivity contribution in [3.8, 4) is 5.69 Å². The molecule has 2 atom stereocenters. The molecule has 2 aliphatic rings. The van der Waals surface area contributed by atoms with Crippen LogP contribution in [0.1, 0.15) is 41.9 Å². The first-order valence-corrected chi connectivity index (χ1v) is 9.16. The van der Waals surface area contributed by atoms with Gasteiger partial charge in [-0.3, -0.25) is 4.79 Å². The number of rotatable bonds is 3. The van der Waals surface area contributed by atoms with Crippen LogP contribution in [-0.4, -0.2) is 62.9 Å². The van der Waals surface area contributed by atoms with Gasteiger partial charge in [-0.2, -0.15) is 9.90 Å². The highest BCUT2D eigenvalue weighted by Gasteiger charge is 2.39. The predicted octanol–water partition coefficient (Wildman–Crippen LogP) is 2.27. The topological polar surface area (TPSA) is 54.3 Å². The van der Waals surface area contributed by atoms with E-state index in [0.29, 0.717) is 23.5 Å². The Morgan fingerprint density at radius 2 is 1.76 bits per heavy atom. The zero-order valence-electron chi connectivity index (χ0n) is 14.9. The van der Waals surface area contributed by atoms with Gasteiger partial charge in [0.15, 0.2) is 5.69 Å². The van der Waals surface area contributed by atoms with Crippen molar-refractivity contribution in [1.82, 2.24) is 24.8 Å². The van der Waals surface area contributed by atoms with Gasteiger partial charge in [-0.05, 0) is 58.3 Å². The second-order valence-electron chi connectivity index (χ2n) is 7.16. The number of carbonyl (C=O) groups excluding carboxylic acids is 1. The fourth-order valence-corrected chi connectivity index (χ4v) is 4.26. The van der Waals surface area contributed by atoms with Crippen LogP contribution < -0.4 is 0 Å². The number of likely N-dealkylation sites (tertiary alicyclic amines) is 2. The summed E-state index contributed by atoms with van der Waals surface area (Å²) in [5.41, 5.74) is 2.05. The standard InChI is InChI=1S/C19H25N5O/c1-14-18(21-24(20-14)15-8-4-3-5-9-15)19(25)23-13-7-11-17(23)16-10-6-12-22(16)2/h3-5,8-9,16-17H,6-7,10-13H2,1-2H3/t16-,17-/m0/s1. The van der Waals surface area contributed by atoms with Crippen LogP contribution >= 0.6 is 0 Å². The van der Waals surface area contributed by atoms with Crippen molar-refractivity contribution in [2.24, 2.45) is 0 Å². The number of nitrogens with zero attached hydrogens (tertiary/aromatic N) is 5. The first-order chi connectivity index (χ1) is 12.1. The Hall–Kier alpha value is -2.21. The van der Waals surface area contributed by atoms with Crippen LogP contribution in [0.15, 0.2) is 30.3 Å². The molecular formula is C19H25N5O. The number of carbonyl (C=O) groups is 1. The molecular weight excluding hydrogens is 314 g/mol. The fraction of sp³-hybridized carbons (Fsp3) is 0.526. The van der Waals surface area contributed by atoms with Crippen LogP contribution in [0.3, 0.4) is 0 Å². The van der Waals surface area contributed by atoms with Crippen LogP contribution in [0.5, 0.6) is 0 Å². The number of benzene rings is 1. The van der Waals surface area contributed by atoms with Gasteiger partial charge in [0.25, 0.3) is 5.91 Å². The van der Waals surface area contributed by atoms with Gasteiger partial charge in [0.2, 0.25) is 0 Å². The van der Waals surface area contributed by atoms with Crippen LogP contribution in [0.4, 0.5) is 0 Å². The largest absolute Gasteiger partial charge is 0.333 e. The number of para-hydroxylation sites is 1. The molecule has 2 saturated heterocycles. The maximum absolute atomic E-state index is 13.2. The summed E-state index contributed by atoms with van der Waals surface area (Å²) in [6.45, 7) is 3.82. The Balaban J connectivity index is 1.59. The Kier molecular flexibility index (Phi) is 4.29. The van der Waals surface area contributed by atoms with Crippen molar-refractivity contribution < 1.29 is 4.79 Å². The first-order valence-electron chi connectivity index (χ1n) is 9.16. The molecule has 0 unspecified atom stereocenters. The SMILES string of the molecule is Cc1nn(-c2ccccc2)nc1C(=O)N1CCC[C@H]1[C@@H]1CCCN1C. The molecule has 2 fully saturated rings. The average Bonchev–Trinajstić information content (AvgIpc) is 3.34. The lowest BCUT2D eigenvalue weighted by Gasteiger charge is -2.32. The molecule has 0 radical (unpaired) electrons. The van der Waals surface area contributed by atoms with Crippen molar-refractivity contribution in [2.75, 3.05) is 20.1 Å². The van der Waals surface area contributed by atoms with Crippen molar-refractivity contribution in [3.63, 3.8) is 0 Å². The second-order valence-corrected chi connectivity index (χ2v) is 7.16. The molecule has 1 amide bonds. The smallest absolute Gasteiger partial charge is 0.276 e. The van der Waals surface area contributed by atoms with E-state index in [1.807, 2.05) is 42.2 Å². The van der Waals surface area contributed by atoms with Gasteiger partial charge < -0.3 is 9.80 Å². The number of likely N-dealkylation sites (N-methyl/N-ethyl adjacent to an activating group) is 1. The van der Waals surface area contributed by atoms with E-state index in [1.54, 1.807) is 4.80 Å². The lowest BCUT2D eigenvalue weighted by molar-refractivity contribution is 0.0657. The van der Waals surface area contributed by atoms with E-state index in [2.05, 4.69) is 22.1 Å². The second kappa shape index (κ2) is 6.59. The summed E-state index contributed by atoms with van der Waals surface area (Å²) in [4.78, 5) is 19.2. The molecule has 132 valence electrons. The summed E-state index contributed by atoms with van der Waals surface area (Å²) in [7, 11) is 2.18. The summed E-state index contributed by atoms with van der Waals surface area (Å²) in [5, 5.41) is 8.96. The van der Waals surface area contributed by atoms with E-state index in [4.69, 9.17) is 0 Å². The molecule has 25 heavy (non-hydrogen) atoms. The minimum atomic E-state index is 0.0301. The Bertz CT molecular complexity index is 756. The molecule has 2 aromatic rings. The van der Waals surface area contributed by atoms with E-state index in [1.165, 1.54) is 12.8 Å². The lowest BCUT2D eigenvalue weighted by Crippen LogP contribution is -2.47. The molecule has 3 heterocycles. The van der Waals surface area contributed by atoms with Gasteiger partial charge in [-0.15, -0.1) is 5.10 Å². The highest BCUT2D eigenvalue weighted by molar-refractivity contribution is 5.93. The zero-order valence-corrected chi connectivity index (χ0v) is 14.9. The minimum absolute atomic E-state index is 0.0301. The van der Waals surface area contributed by atoms with Crippen molar-refractivity contribution in [2.45, 2.75) is 44.7 Å². The molecule has 0 N–H and O–H groups in total. The Morgan fingerprint density at radius 3 is 2.48 bits per heavy atom. The first kappa shape index (κ1) is 16.3. The monoisotopic (exact) mass is 339 g/mol. The quantitative estimate of drug-likeness (QED) is 0.861. The van der Waals surface area contributed by atoms with Crippen molar-refractivity contribution >= 4 is 5.91 Å². The van der Waals surface area contributed by atoms with Gasteiger partial charge in [-0.1, -0.05) is 18.2 Å². The van der Waals surface area contributed by atoms with Gasteiger partial charge in [-0.25, -0.2) is 0 Å².